The molecule has 0 radical (unpaired) electrons. The van der Waals surface area contributed by atoms with Gasteiger partial charge in [-0.05, 0) is 56.2 Å². The molecule has 2 atom stereocenters. The summed E-state index contributed by atoms with van der Waals surface area (Å²) in [5.41, 5.74) is 2.16. The number of benzene rings is 1. The fraction of sp³-hybridized carbons (Fsp3) is 0.667. The molecule has 2 aliphatic carbocycles. The summed E-state index contributed by atoms with van der Waals surface area (Å²) in [5.74, 6) is 0.777. The van der Waals surface area contributed by atoms with Crippen LogP contribution in [0, 0.1) is 5.41 Å². The lowest BCUT2D eigenvalue weighted by Gasteiger charge is -2.23. The van der Waals surface area contributed by atoms with Crippen LogP contribution in [0.1, 0.15) is 43.6 Å². The molecule has 1 aromatic rings. The minimum Gasteiger partial charge on any atom is -0.313 e. The fourth-order valence-corrected chi connectivity index (χ4v) is 3.82. The van der Waals surface area contributed by atoms with Crippen molar-refractivity contribution in [1.29, 1.82) is 0 Å². The van der Waals surface area contributed by atoms with Crippen LogP contribution in [0.4, 0.5) is 0 Å². The van der Waals surface area contributed by atoms with Crippen molar-refractivity contribution in [1.82, 2.24) is 10.2 Å². The molecule has 2 heteroatoms. The summed E-state index contributed by atoms with van der Waals surface area (Å²) in [5, 5.41) is 3.86. The Morgan fingerprint density at radius 2 is 1.85 bits per heavy atom. The van der Waals surface area contributed by atoms with Crippen LogP contribution in [0.2, 0.25) is 0 Å². The molecule has 2 nitrogen and oxygen atoms in total. The van der Waals surface area contributed by atoms with Crippen LogP contribution in [-0.4, -0.2) is 37.1 Å². The molecular formula is C18H26N2. The highest BCUT2D eigenvalue weighted by atomic mass is 15.2. The molecule has 1 heterocycles. The third-order valence-corrected chi connectivity index (χ3v) is 5.47. The van der Waals surface area contributed by atoms with Crippen molar-refractivity contribution in [2.24, 2.45) is 5.41 Å². The molecule has 1 unspecified atom stereocenters. The van der Waals surface area contributed by atoms with Crippen molar-refractivity contribution in [2.45, 2.75) is 44.1 Å². The van der Waals surface area contributed by atoms with Gasteiger partial charge < -0.3 is 10.2 Å². The third kappa shape index (κ3) is 2.77. The zero-order chi connectivity index (χ0) is 13.4. The molecule has 0 bridgehead atoms. The van der Waals surface area contributed by atoms with Gasteiger partial charge in [0.15, 0.2) is 0 Å². The lowest BCUT2D eigenvalue weighted by atomic mass is 10.1. The summed E-state index contributed by atoms with van der Waals surface area (Å²) in [4.78, 5) is 2.69. The van der Waals surface area contributed by atoms with Gasteiger partial charge in [0.2, 0.25) is 0 Å². The second-order valence-corrected chi connectivity index (χ2v) is 7.22. The molecule has 0 spiro atoms. The molecular weight excluding hydrogens is 244 g/mol. The highest BCUT2D eigenvalue weighted by Gasteiger charge is 2.46. The zero-order valence-electron chi connectivity index (χ0n) is 12.4. The van der Waals surface area contributed by atoms with Crippen LogP contribution in [0.5, 0.6) is 0 Å². The van der Waals surface area contributed by atoms with Gasteiger partial charge in [0.25, 0.3) is 0 Å². The molecule has 3 aliphatic rings. The minimum atomic E-state index is 0.633. The maximum Gasteiger partial charge on any atom is 0.0143 e. The highest BCUT2D eigenvalue weighted by Crippen LogP contribution is 2.48. The molecule has 1 saturated heterocycles. The van der Waals surface area contributed by atoms with Crippen LogP contribution in [-0.2, 0) is 0 Å². The first kappa shape index (κ1) is 12.8. The van der Waals surface area contributed by atoms with E-state index in [2.05, 4.69) is 40.5 Å². The number of hydrogen-bond acceptors (Lipinski definition) is 2. The summed E-state index contributed by atoms with van der Waals surface area (Å²) >= 11 is 0. The molecule has 1 aliphatic heterocycles. The summed E-state index contributed by atoms with van der Waals surface area (Å²) in [6.07, 6.45) is 7.06. The monoisotopic (exact) mass is 270 g/mol. The molecule has 0 aromatic heterocycles. The number of nitrogens with one attached hydrogen (secondary N) is 1. The quantitative estimate of drug-likeness (QED) is 0.855. The maximum absolute atomic E-state index is 3.86. The Bertz CT molecular complexity index is 446. The highest BCUT2D eigenvalue weighted by molar-refractivity contribution is 5.27. The molecule has 4 rings (SSSR count). The van der Waals surface area contributed by atoms with Crippen molar-refractivity contribution in [2.75, 3.05) is 26.2 Å². The predicted octanol–water partition coefficient (Wildman–Crippen LogP) is 3.01. The van der Waals surface area contributed by atoms with Gasteiger partial charge in [-0.1, -0.05) is 30.3 Å². The van der Waals surface area contributed by atoms with E-state index in [0.29, 0.717) is 5.41 Å². The zero-order valence-corrected chi connectivity index (χ0v) is 12.4. The first-order valence-electron chi connectivity index (χ1n) is 8.35. The summed E-state index contributed by atoms with van der Waals surface area (Å²) in [6.45, 7) is 5.29. The Morgan fingerprint density at radius 3 is 2.55 bits per heavy atom. The van der Waals surface area contributed by atoms with E-state index in [1.807, 2.05) is 0 Å². The van der Waals surface area contributed by atoms with E-state index in [-0.39, 0.29) is 0 Å². The Hall–Kier alpha value is -0.860. The van der Waals surface area contributed by atoms with E-state index in [4.69, 9.17) is 0 Å². The number of hydrogen-bond donors (Lipinski definition) is 1. The summed E-state index contributed by atoms with van der Waals surface area (Å²) < 4.78 is 0. The van der Waals surface area contributed by atoms with Crippen molar-refractivity contribution < 1.29 is 0 Å². The summed E-state index contributed by atoms with van der Waals surface area (Å²) in [6, 6.07) is 11.8. The Labute approximate surface area is 122 Å². The van der Waals surface area contributed by atoms with Crippen LogP contribution in [0.15, 0.2) is 30.3 Å². The second kappa shape index (κ2) is 5.16. The Morgan fingerprint density at radius 1 is 1.10 bits per heavy atom. The Balaban J connectivity index is 1.25. The Kier molecular flexibility index (Phi) is 3.31. The van der Waals surface area contributed by atoms with Gasteiger partial charge in [0, 0.05) is 25.0 Å². The van der Waals surface area contributed by atoms with Gasteiger partial charge in [0.05, 0.1) is 0 Å². The van der Waals surface area contributed by atoms with Crippen molar-refractivity contribution in [3.63, 3.8) is 0 Å². The van der Waals surface area contributed by atoms with Gasteiger partial charge in [-0.15, -0.1) is 0 Å². The smallest absolute Gasteiger partial charge is 0.0143 e. The van der Waals surface area contributed by atoms with E-state index < -0.39 is 0 Å². The van der Waals surface area contributed by atoms with Crippen molar-refractivity contribution in [3.8, 4) is 0 Å². The molecule has 108 valence electrons. The molecule has 3 fully saturated rings. The SMILES string of the molecule is c1ccc(C2C[C@@H]2NCC2(CN3CCCC3)CC2)cc1. The van der Waals surface area contributed by atoms with Crippen LogP contribution in [0.25, 0.3) is 0 Å². The van der Waals surface area contributed by atoms with Crippen molar-refractivity contribution >= 4 is 0 Å². The lowest BCUT2D eigenvalue weighted by Crippen LogP contribution is -2.35. The number of likely N-dealkylation sites (tertiary alicyclic amines) is 1. The van der Waals surface area contributed by atoms with Gasteiger partial charge in [-0.2, -0.15) is 0 Å². The number of rotatable bonds is 6. The first-order chi connectivity index (χ1) is 9.85. The average Bonchev–Trinajstić information content (AvgIpc) is 3.37. The standard InChI is InChI=1S/C18H26N2/c1-2-6-15(7-3-1)16-12-17(16)19-13-18(8-9-18)14-20-10-4-5-11-20/h1-3,6-7,16-17,19H,4-5,8-14H2/t16?,17-/m0/s1. The number of nitrogens with zero attached hydrogens (tertiary/aromatic N) is 1. The second-order valence-electron chi connectivity index (χ2n) is 7.22. The molecule has 1 N–H and O–H groups in total. The van der Waals surface area contributed by atoms with E-state index >= 15 is 0 Å². The summed E-state index contributed by atoms with van der Waals surface area (Å²) in [7, 11) is 0. The van der Waals surface area contributed by atoms with E-state index in [9.17, 15) is 0 Å². The predicted molar refractivity (Wildman–Crippen MR) is 82.9 cm³/mol. The average molecular weight is 270 g/mol. The molecule has 1 aromatic carbocycles. The first-order valence-corrected chi connectivity index (χ1v) is 8.35. The minimum absolute atomic E-state index is 0.633. The van der Waals surface area contributed by atoms with Crippen LogP contribution in [0.3, 0.4) is 0 Å². The molecule has 20 heavy (non-hydrogen) atoms. The van der Waals surface area contributed by atoms with Gasteiger partial charge in [-0.3, -0.25) is 0 Å². The fourth-order valence-electron chi connectivity index (χ4n) is 3.82. The largest absolute Gasteiger partial charge is 0.313 e. The molecule has 0 amide bonds. The van der Waals surface area contributed by atoms with E-state index in [0.717, 1.165) is 12.0 Å². The lowest BCUT2D eigenvalue weighted by molar-refractivity contribution is 0.257. The van der Waals surface area contributed by atoms with Crippen LogP contribution >= 0.6 is 0 Å². The van der Waals surface area contributed by atoms with Gasteiger partial charge in [0.1, 0.15) is 0 Å². The third-order valence-electron chi connectivity index (χ3n) is 5.47. The molecule has 2 saturated carbocycles. The van der Waals surface area contributed by atoms with Gasteiger partial charge >= 0.3 is 0 Å². The topological polar surface area (TPSA) is 15.3 Å². The normalized spacial score (nSPS) is 31.4. The van der Waals surface area contributed by atoms with Gasteiger partial charge in [-0.25, -0.2) is 0 Å². The van der Waals surface area contributed by atoms with Crippen LogP contribution < -0.4 is 5.32 Å². The van der Waals surface area contributed by atoms with E-state index in [1.165, 1.54) is 63.8 Å². The van der Waals surface area contributed by atoms with E-state index in [1.54, 1.807) is 0 Å². The maximum atomic E-state index is 3.86. The van der Waals surface area contributed by atoms with Crippen molar-refractivity contribution in [3.05, 3.63) is 35.9 Å².